The lowest BCUT2D eigenvalue weighted by atomic mass is 9.96. The summed E-state index contributed by atoms with van der Waals surface area (Å²) >= 11 is 0. The molecular formula is C20H30ClN3O3. The zero-order chi connectivity index (χ0) is 18.4. The van der Waals surface area contributed by atoms with Crippen molar-refractivity contribution in [2.24, 2.45) is 5.92 Å². The van der Waals surface area contributed by atoms with Crippen molar-refractivity contribution in [2.75, 3.05) is 33.3 Å². The molecule has 2 amide bonds. The Morgan fingerprint density at radius 2 is 2.04 bits per heavy atom. The van der Waals surface area contributed by atoms with Crippen molar-refractivity contribution >= 4 is 24.2 Å². The summed E-state index contributed by atoms with van der Waals surface area (Å²) in [5, 5.41) is 6.28. The number of nitrogens with one attached hydrogen (secondary N) is 2. The van der Waals surface area contributed by atoms with E-state index in [4.69, 9.17) is 4.74 Å². The highest BCUT2D eigenvalue weighted by Crippen LogP contribution is 2.23. The average Bonchev–Trinajstić information content (AvgIpc) is 3.23. The van der Waals surface area contributed by atoms with Crippen LogP contribution in [0.4, 0.5) is 0 Å². The Morgan fingerprint density at radius 3 is 2.70 bits per heavy atom. The van der Waals surface area contributed by atoms with E-state index in [0.29, 0.717) is 19.0 Å². The van der Waals surface area contributed by atoms with E-state index < -0.39 is 6.10 Å². The van der Waals surface area contributed by atoms with E-state index in [0.717, 1.165) is 44.3 Å². The van der Waals surface area contributed by atoms with E-state index in [1.165, 1.54) is 0 Å². The summed E-state index contributed by atoms with van der Waals surface area (Å²) in [6.45, 7) is 2.97. The smallest absolute Gasteiger partial charge is 0.256 e. The molecule has 2 N–H and O–H groups in total. The van der Waals surface area contributed by atoms with Crippen LogP contribution in [-0.2, 0) is 14.3 Å². The molecule has 0 radical (unpaired) electrons. The number of methoxy groups -OCH3 is 1. The topological polar surface area (TPSA) is 70.7 Å². The minimum Gasteiger partial charge on any atom is -0.367 e. The van der Waals surface area contributed by atoms with Gasteiger partial charge in [-0.3, -0.25) is 9.59 Å². The van der Waals surface area contributed by atoms with Gasteiger partial charge in [-0.2, -0.15) is 0 Å². The van der Waals surface area contributed by atoms with E-state index >= 15 is 0 Å². The number of halogens is 1. The highest BCUT2D eigenvalue weighted by Gasteiger charge is 2.30. The van der Waals surface area contributed by atoms with Crippen molar-refractivity contribution in [3.05, 3.63) is 35.9 Å². The molecule has 1 aromatic carbocycles. The van der Waals surface area contributed by atoms with Gasteiger partial charge in [0.05, 0.1) is 6.04 Å². The molecule has 27 heavy (non-hydrogen) atoms. The zero-order valence-corrected chi connectivity index (χ0v) is 16.7. The van der Waals surface area contributed by atoms with E-state index in [1.54, 1.807) is 7.11 Å². The molecule has 1 aromatic rings. The number of carbonyl (C=O) groups excluding carboxylic acids is 2. The van der Waals surface area contributed by atoms with Gasteiger partial charge >= 0.3 is 0 Å². The first-order chi connectivity index (χ1) is 12.7. The third-order valence-corrected chi connectivity index (χ3v) is 5.33. The van der Waals surface area contributed by atoms with Crippen LogP contribution in [0.2, 0.25) is 0 Å². The van der Waals surface area contributed by atoms with Crippen molar-refractivity contribution in [2.45, 2.75) is 37.8 Å². The van der Waals surface area contributed by atoms with Gasteiger partial charge in [0, 0.05) is 26.7 Å². The number of carbonyl (C=O) groups is 2. The summed E-state index contributed by atoms with van der Waals surface area (Å²) in [6.07, 6.45) is 3.40. The van der Waals surface area contributed by atoms with Crippen molar-refractivity contribution in [3.63, 3.8) is 0 Å². The molecule has 3 unspecified atom stereocenters. The van der Waals surface area contributed by atoms with Crippen molar-refractivity contribution in [1.82, 2.24) is 15.5 Å². The Labute approximate surface area is 167 Å². The number of rotatable bonds is 6. The molecule has 6 nitrogen and oxygen atoms in total. The first kappa shape index (κ1) is 21.7. The van der Waals surface area contributed by atoms with Crippen LogP contribution in [0.3, 0.4) is 0 Å². The molecule has 2 heterocycles. The van der Waals surface area contributed by atoms with Crippen LogP contribution in [0.1, 0.15) is 37.4 Å². The Morgan fingerprint density at radius 1 is 1.26 bits per heavy atom. The lowest BCUT2D eigenvalue weighted by Gasteiger charge is -2.35. The molecule has 3 atom stereocenters. The van der Waals surface area contributed by atoms with Crippen LogP contribution in [0.15, 0.2) is 30.3 Å². The predicted molar refractivity (Wildman–Crippen MR) is 107 cm³/mol. The lowest BCUT2D eigenvalue weighted by molar-refractivity contribution is -0.144. The van der Waals surface area contributed by atoms with Crippen LogP contribution in [-0.4, -0.2) is 56.0 Å². The van der Waals surface area contributed by atoms with Crippen LogP contribution in [0.5, 0.6) is 0 Å². The van der Waals surface area contributed by atoms with Gasteiger partial charge in [-0.15, -0.1) is 12.4 Å². The Kier molecular flexibility index (Phi) is 8.54. The van der Waals surface area contributed by atoms with E-state index in [2.05, 4.69) is 10.6 Å². The van der Waals surface area contributed by atoms with Gasteiger partial charge in [-0.05, 0) is 43.7 Å². The van der Waals surface area contributed by atoms with Crippen molar-refractivity contribution in [3.8, 4) is 0 Å². The minimum atomic E-state index is -0.563. The van der Waals surface area contributed by atoms with Crippen LogP contribution < -0.4 is 10.6 Å². The number of nitrogens with zero attached hydrogens (tertiary/aromatic N) is 1. The van der Waals surface area contributed by atoms with Crippen molar-refractivity contribution < 1.29 is 14.3 Å². The third-order valence-electron chi connectivity index (χ3n) is 5.33. The Bertz CT molecular complexity index is 608. The molecule has 2 aliphatic rings. The molecule has 0 aliphatic carbocycles. The first-order valence-electron chi connectivity index (χ1n) is 9.56. The summed E-state index contributed by atoms with van der Waals surface area (Å²) in [7, 11) is 1.58. The van der Waals surface area contributed by atoms with E-state index in [1.807, 2.05) is 35.2 Å². The van der Waals surface area contributed by atoms with Gasteiger partial charge in [-0.1, -0.05) is 30.3 Å². The van der Waals surface area contributed by atoms with Crippen LogP contribution in [0.25, 0.3) is 0 Å². The monoisotopic (exact) mass is 395 g/mol. The predicted octanol–water partition coefficient (Wildman–Crippen LogP) is 1.90. The Balaban J connectivity index is 0.00000261. The number of ether oxygens (including phenoxy) is 1. The third kappa shape index (κ3) is 5.67. The van der Waals surface area contributed by atoms with Gasteiger partial charge in [0.2, 0.25) is 5.91 Å². The second-order valence-corrected chi connectivity index (χ2v) is 7.21. The number of benzene rings is 1. The number of amides is 2. The molecule has 3 rings (SSSR count). The van der Waals surface area contributed by atoms with Crippen molar-refractivity contribution in [1.29, 1.82) is 0 Å². The minimum absolute atomic E-state index is 0. The van der Waals surface area contributed by atoms with Gasteiger partial charge in [0.25, 0.3) is 5.91 Å². The molecular weight excluding hydrogens is 366 g/mol. The highest BCUT2D eigenvalue weighted by molar-refractivity contribution is 5.85. The molecule has 2 fully saturated rings. The van der Waals surface area contributed by atoms with E-state index in [-0.39, 0.29) is 30.3 Å². The summed E-state index contributed by atoms with van der Waals surface area (Å²) in [6, 6.07) is 9.55. The lowest BCUT2D eigenvalue weighted by Crippen LogP contribution is -2.47. The molecule has 0 bridgehead atoms. The Hall–Kier alpha value is -1.63. The second-order valence-electron chi connectivity index (χ2n) is 7.21. The largest absolute Gasteiger partial charge is 0.367 e. The summed E-state index contributed by atoms with van der Waals surface area (Å²) in [4.78, 5) is 27.0. The summed E-state index contributed by atoms with van der Waals surface area (Å²) < 4.78 is 5.48. The van der Waals surface area contributed by atoms with Gasteiger partial charge in [-0.25, -0.2) is 0 Å². The average molecular weight is 396 g/mol. The number of hydrogen-bond acceptors (Lipinski definition) is 4. The van der Waals surface area contributed by atoms with Crippen LogP contribution in [0, 0.1) is 5.92 Å². The highest BCUT2D eigenvalue weighted by atomic mass is 35.5. The maximum absolute atomic E-state index is 12.9. The molecule has 0 aromatic heterocycles. The molecule has 7 heteroatoms. The fraction of sp³-hybridized carbons (Fsp3) is 0.600. The normalized spacial score (nSPS) is 23.4. The standard InChI is InChI=1S/C20H29N3O3.ClH/c1-26-18(16-8-3-2-4-9-16)20(25)23-12-6-7-15(14-23)13-22-19(24)17-10-5-11-21-17;/h2-4,8-9,15,17-18,21H,5-7,10-14H2,1H3,(H,22,24);1H. The molecule has 0 saturated carbocycles. The van der Waals surface area contributed by atoms with Crippen LogP contribution >= 0.6 is 12.4 Å². The van der Waals surface area contributed by atoms with E-state index in [9.17, 15) is 9.59 Å². The summed E-state index contributed by atoms with van der Waals surface area (Å²) in [5.41, 5.74) is 0.878. The maximum atomic E-state index is 12.9. The maximum Gasteiger partial charge on any atom is 0.256 e. The molecule has 150 valence electrons. The van der Waals surface area contributed by atoms with Gasteiger partial charge in [0.15, 0.2) is 6.10 Å². The first-order valence-corrected chi connectivity index (χ1v) is 9.56. The molecule has 2 aliphatic heterocycles. The quantitative estimate of drug-likeness (QED) is 0.771. The van der Waals surface area contributed by atoms with Gasteiger partial charge in [0.1, 0.15) is 0 Å². The zero-order valence-electron chi connectivity index (χ0n) is 15.9. The number of hydrogen-bond donors (Lipinski definition) is 2. The fourth-order valence-corrected chi connectivity index (χ4v) is 3.88. The molecule has 0 spiro atoms. The summed E-state index contributed by atoms with van der Waals surface area (Å²) in [5.74, 6) is 0.392. The number of likely N-dealkylation sites (tertiary alicyclic amines) is 1. The second kappa shape index (κ2) is 10.6. The fourth-order valence-electron chi connectivity index (χ4n) is 3.88. The molecule has 2 saturated heterocycles. The number of piperidine rings is 1. The SMILES string of the molecule is COC(C(=O)N1CCCC(CNC(=O)C2CCCN2)C1)c1ccccc1.Cl. The van der Waals surface area contributed by atoms with Gasteiger partial charge < -0.3 is 20.3 Å².